The fourth-order valence-corrected chi connectivity index (χ4v) is 6.57. The predicted octanol–water partition coefficient (Wildman–Crippen LogP) is 5.26. The molecule has 2 fully saturated rings. The van der Waals surface area contributed by atoms with Crippen LogP contribution in [0.15, 0.2) is 33.7 Å². The SMILES string of the molecule is Cc1noc(C)c1-c1cc(S(=O)(=O)CC2CCCC2)c2ccc(OCC3CC3)nc2c1. The first kappa shape index (κ1) is 20.5. The molecule has 0 N–H and O–H groups in total. The second-order valence-electron chi connectivity index (χ2n) is 9.08. The van der Waals surface area contributed by atoms with Crippen molar-refractivity contribution < 1.29 is 17.7 Å². The summed E-state index contributed by atoms with van der Waals surface area (Å²) in [6.45, 7) is 4.37. The van der Waals surface area contributed by atoms with Gasteiger partial charge in [0.05, 0.1) is 28.5 Å². The van der Waals surface area contributed by atoms with Gasteiger partial charge in [-0.1, -0.05) is 18.0 Å². The van der Waals surface area contributed by atoms with E-state index in [1.807, 2.05) is 26.0 Å². The molecular weight excluding hydrogens is 412 g/mol. The Labute approximate surface area is 182 Å². The molecular formula is C24H28N2O4S. The number of aromatic nitrogens is 2. The monoisotopic (exact) mass is 440 g/mol. The number of fused-ring (bicyclic) bond motifs is 1. The standard InChI is InChI=1S/C24H28N2O4S/c1-15-24(16(2)30-26-15)19-11-21-20(9-10-23(25-21)29-13-17-7-8-17)22(12-19)31(27,28)14-18-5-3-4-6-18/h9-12,17-18H,3-8,13-14H2,1-2H3. The number of sulfone groups is 1. The maximum atomic E-state index is 13.5. The second-order valence-corrected chi connectivity index (χ2v) is 11.1. The fourth-order valence-electron chi connectivity index (χ4n) is 4.62. The molecule has 31 heavy (non-hydrogen) atoms. The molecule has 2 heterocycles. The third kappa shape index (κ3) is 4.20. The molecule has 1 aromatic carbocycles. The number of hydrogen-bond donors (Lipinski definition) is 0. The van der Waals surface area contributed by atoms with E-state index < -0.39 is 9.84 Å². The first-order valence-corrected chi connectivity index (χ1v) is 12.8. The number of hydrogen-bond acceptors (Lipinski definition) is 6. The first-order chi connectivity index (χ1) is 14.9. The van der Waals surface area contributed by atoms with Gasteiger partial charge in [0.1, 0.15) is 5.76 Å². The van der Waals surface area contributed by atoms with Crippen LogP contribution in [0, 0.1) is 25.7 Å². The Morgan fingerprint density at radius 1 is 1.06 bits per heavy atom. The van der Waals surface area contributed by atoms with Gasteiger partial charge in [-0.3, -0.25) is 0 Å². The van der Waals surface area contributed by atoms with Gasteiger partial charge in [0.25, 0.3) is 0 Å². The average molecular weight is 441 g/mol. The zero-order chi connectivity index (χ0) is 21.6. The number of rotatable bonds is 7. The van der Waals surface area contributed by atoms with Gasteiger partial charge in [0, 0.05) is 17.0 Å². The molecule has 7 heteroatoms. The van der Waals surface area contributed by atoms with E-state index in [1.165, 1.54) is 12.8 Å². The van der Waals surface area contributed by atoms with E-state index in [0.29, 0.717) is 40.0 Å². The molecule has 0 aliphatic heterocycles. The third-order valence-corrected chi connectivity index (χ3v) is 8.41. The van der Waals surface area contributed by atoms with Gasteiger partial charge in [-0.25, -0.2) is 13.4 Å². The zero-order valence-corrected chi connectivity index (χ0v) is 18.9. The Kier molecular flexibility index (Phi) is 5.24. The topological polar surface area (TPSA) is 82.3 Å². The van der Waals surface area contributed by atoms with E-state index in [1.54, 1.807) is 12.1 Å². The molecule has 0 bridgehead atoms. The van der Waals surface area contributed by atoms with Crippen molar-refractivity contribution >= 4 is 20.7 Å². The van der Waals surface area contributed by atoms with E-state index in [4.69, 9.17) is 9.26 Å². The van der Waals surface area contributed by atoms with Crippen LogP contribution < -0.4 is 4.74 Å². The van der Waals surface area contributed by atoms with Crippen molar-refractivity contribution in [3.05, 3.63) is 35.7 Å². The van der Waals surface area contributed by atoms with Crippen LogP contribution in [0.1, 0.15) is 50.0 Å². The van der Waals surface area contributed by atoms with Crippen LogP contribution in [0.2, 0.25) is 0 Å². The molecule has 0 amide bonds. The van der Waals surface area contributed by atoms with Gasteiger partial charge in [-0.2, -0.15) is 0 Å². The quantitative estimate of drug-likeness (QED) is 0.498. The number of aryl methyl sites for hydroxylation is 2. The minimum Gasteiger partial charge on any atom is -0.477 e. The van der Waals surface area contributed by atoms with Gasteiger partial charge >= 0.3 is 0 Å². The summed E-state index contributed by atoms with van der Waals surface area (Å²) in [7, 11) is -3.47. The molecule has 6 nitrogen and oxygen atoms in total. The fraction of sp³-hybridized carbons (Fsp3) is 0.500. The average Bonchev–Trinajstić information content (AvgIpc) is 3.33. The summed E-state index contributed by atoms with van der Waals surface area (Å²) >= 11 is 0. The molecule has 3 aromatic rings. The normalized spacial score (nSPS) is 17.5. The van der Waals surface area contributed by atoms with Crippen molar-refractivity contribution in [1.29, 1.82) is 0 Å². The number of benzene rings is 1. The highest BCUT2D eigenvalue weighted by Gasteiger charge is 2.27. The van der Waals surface area contributed by atoms with Crippen LogP contribution in [0.25, 0.3) is 22.0 Å². The summed E-state index contributed by atoms with van der Waals surface area (Å²) in [4.78, 5) is 5.01. The van der Waals surface area contributed by atoms with Crippen molar-refractivity contribution in [2.75, 3.05) is 12.4 Å². The Hall–Kier alpha value is -2.41. The van der Waals surface area contributed by atoms with E-state index >= 15 is 0 Å². The molecule has 0 unspecified atom stereocenters. The molecule has 2 saturated carbocycles. The Morgan fingerprint density at radius 3 is 2.52 bits per heavy atom. The van der Waals surface area contributed by atoms with Gasteiger partial charge in [-0.15, -0.1) is 0 Å². The van der Waals surface area contributed by atoms with Crippen molar-refractivity contribution in [3.63, 3.8) is 0 Å². The van der Waals surface area contributed by atoms with Crippen LogP contribution in [0.3, 0.4) is 0 Å². The lowest BCUT2D eigenvalue weighted by Crippen LogP contribution is -2.15. The highest BCUT2D eigenvalue weighted by molar-refractivity contribution is 7.91. The lowest BCUT2D eigenvalue weighted by molar-refractivity contribution is 0.289. The first-order valence-electron chi connectivity index (χ1n) is 11.1. The summed E-state index contributed by atoms with van der Waals surface area (Å²) < 4.78 is 38.2. The van der Waals surface area contributed by atoms with Gasteiger partial charge in [-0.05, 0) is 75.1 Å². The molecule has 0 spiro atoms. The molecule has 5 rings (SSSR count). The van der Waals surface area contributed by atoms with E-state index in [-0.39, 0.29) is 11.7 Å². The number of pyridine rings is 1. The van der Waals surface area contributed by atoms with Crippen LogP contribution >= 0.6 is 0 Å². The molecule has 0 radical (unpaired) electrons. The molecule has 0 atom stereocenters. The molecule has 2 aliphatic rings. The zero-order valence-electron chi connectivity index (χ0n) is 18.1. The Bertz CT molecular complexity index is 1200. The van der Waals surface area contributed by atoms with Gasteiger partial charge in [0.2, 0.25) is 5.88 Å². The number of nitrogens with zero attached hydrogens (tertiary/aromatic N) is 2. The highest BCUT2D eigenvalue weighted by atomic mass is 32.2. The molecule has 0 saturated heterocycles. The van der Waals surface area contributed by atoms with Crippen molar-refractivity contribution in [2.24, 2.45) is 11.8 Å². The molecule has 164 valence electrons. The minimum atomic E-state index is -3.47. The summed E-state index contributed by atoms with van der Waals surface area (Å²) in [6.07, 6.45) is 6.60. The maximum Gasteiger partial charge on any atom is 0.213 e. The van der Waals surface area contributed by atoms with Crippen LogP contribution in [0.5, 0.6) is 5.88 Å². The lowest BCUT2D eigenvalue weighted by Gasteiger charge is -2.14. The summed E-state index contributed by atoms with van der Waals surface area (Å²) in [6, 6.07) is 7.31. The smallest absolute Gasteiger partial charge is 0.213 e. The molecule has 2 aliphatic carbocycles. The minimum absolute atomic E-state index is 0.188. The van der Waals surface area contributed by atoms with Gasteiger partial charge < -0.3 is 9.26 Å². The Balaban J connectivity index is 1.62. The van der Waals surface area contributed by atoms with Crippen LogP contribution in [-0.4, -0.2) is 30.9 Å². The predicted molar refractivity (Wildman–Crippen MR) is 119 cm³/mol. The van der Waals surface area contributed by atoms with Gasteiger partial charge in [0.15, 0.2) is 9.84 Å². The largest absolute Gasteiger partial charge is 0.477 e. The Morgan fingerprint density at radius 2 is 1.84 bits per heavy atom. The second kappa shape index (κ2) is 7.93. The third-order valence-electron chi connectivity index (χ3n) is 6.49. The molecule has 2 aromatic heterocycles. The van der Waals surface area contributed by atoms with Crippen LogP contribution in [-0.2, 0) is 9.84 Å². The summed E-state index contributed by atoms with van der Waals surface area (Å²) in [5.74, 6) is 2.24. The van der Waals surface area contributed by atoms with Crippen LogP contribution in [0.4, 0.5) is 0 Å². The van der Waals surface area contributed by atoms with Crippen molar-refractivity contribution in [1.82, 2.24) is 10.1 Å². The summed E-state index contributed by atoms with van der Waals surface area (Å²) in [5.41, 5.74) is 2.94. The van der Waals surface area contributed by atoms with Crippen molar-refractivity contribution in [2.45, 2.75) is 57.3 Å². The van der Waals surface area contributed by atoms with E-state index in [0.717, 1.165) is 42.5 Å². The maximum absolute atomic E-state index is 13.5. The van der Waals surface area contributed by atoms with E-state index in [9.17, 15) is 8.42 Å². The highest BCUT2D eigenvalue weighted by Crippen LogP contribution is 2.36. The lowest BCUT2D eigenvalue weighted by atomic mass is 10.0. The van der Waals surface area contributed by atoms with E-state index in [2.05, 4.69) is 10.1 Å². The summed E-state index contributed by atoms with van der Waals surface area (Å²) in [5, 5.41) is 4.70. The number of ether oxygens (including phenoxy) is 1. The van der Waals surface area contributed by atoms with Crippen molar-refractivity contribution in [3.8, 4) is 17.0 Å².